The third-order valence-electron chi connectivity index (χ3n) is 9.97. The smallest absolute Gasteiger partial charge is 0.462 e. The number of phosphoric acid groups is 1. The molecular formula is C48H88NO8P. The second-order valence-electron chi connectivity index (χ2n) is 15.6. The Morgan fingerprint density at radius 2 is 0.897 bits per heavy atom. The lowest BCUT2D eigenvalue weighted by Gasteiger charge is -2.19. The van der Waals surface area contributed by atoms with Crippen molar-refractivity contribution in [2.45, 2.75) is 219 Å². The van der Waals surface area contributed by atoms with E-state index in [9.17, 15) is 19.0 Å². The fourth-order valence-corrected chi connectivity index (χ4v) is 7.21. The minimum atomic E-state index is -4.39. The highest BCUT2D eigenvalue weighted by atomic mass is 31.2. The molecule has 0 aromatic carbocycles. The number of allylic oxidation sites excluding steroid dienone is 8. The molecule has 58 heavy (non-hydrogen) atoms. The van der Waals surface area contributed by atoms with Gasteiger partial charge in [-0.25, -0.2) is 4.57 Å². The van der Waals surface area contributed by atoms with Crippen LogP contribution in [0.3, 0.4) is 0 Å². The van der Waals surface area contributed by atoms with Crippen LogP contribution in [0.25, 0.3) is 0 Å². The maximum Gasteiger partial charge on any atom is 0.472 e. The molecule has 0 saturated heterocycles. The molecule has 1 unspecified atom stereocenters. The van der Waals surface area contributed by atoms with Crippen LogP contribution in [-0.2, 0) is 32.7 Å². The zero-order valence-electron chi connectivity index (χ0n) is 37.3. The lowest BCUT2D eigenvalue weighted by Crippen LogP contribution is -2.29. The van der Waals surface area contributed by atoms with Crippen molar-refractivity contribution in [3.8, 4) is 0 Å². The van der Waals surface area contributed by atoms with Crippen molar-refractivity contribution in [2.75, 3.05) is 26.4 Å². The molecule has 0 rings (SSSR count). The molecule has 0 spiro atoms. The molecule has 0 amide bonds. The minimum Gasteiger partial charge on any atom is -0.462 e. The monoisotopic (exact) mass is 838 g/mol. The predicted molar refractivity (Wildman–Crippen MR) is 243 cm³/mol. The molecule has 0 aliphatic rings. The minimum absolute atomic E-state index is 0.0474. The number of hydrogen-bond donors (Lipinski definition) is 2. The number of carbonyl (C=O) groups is 2. The Kier molecular flexibility index (Phi) is 43.0. The first-order valence-electron chi connectivity index (χ1n) is 23.6. The van der Waals surface area contributed by atoms with Crippen LogP contribution in [0, 0.1) is 0 Å². The molecule has 0 fully saturated rings. The van der Waals surface area contributed by atoms with Crippen molar-refractivity contribution in [3.63, 3.8) is 0 Å². The van der Waals surface area contributed by atoms with Gasteiger partial charge in [0.2, 0.25) is 0 Å². The van der Waals surface area contributed by atoms with Crippen LogP contribution in [0.2, 0.25) is 0 Å². The Morgan fingerprint density at radius 1 is 0.517 bits per heavy atom. The molecule has 0 heterocycles. The van der Waals surface area contributed by atoms with Gasteiger partial charge in [-0.15, -0.1) is 0 Å². The summed E-state index contributed by atoms with van der Waals surface area (Å²) >= 11 is 0. The van der Waals surface area contributed by atoms with Gasteiger partial charge < -0.3 is 20.1 Å². The van der Waals surface area contributed by atoms with Crippen molar-refractivity contribution in [1.29, 1.82) is 0 Å². The zero-order valence-corrected chi connectivity index (χ0v) is 38.2. The number of rotatable bonds is 44. The van der Waals surface area contributed by atoms with Crippen molar-refractivity contribution in [1.82, 2.24) is 0 Å². The molecule has 0 saturated carbocycles. The molecule has 9 nitrogen and oxygen atoms in total. The van der Waals surface area contributed by atoms with Crippen molar-refractivity contribution in [3.05, 3.63) is 48.6 Å². The number of esters is 2. The molecule has 0 aromatic heterocycles. The van der Waals surface area contributed by atoms with Crippen LogP contribution in [0.15, 0.2) is 48.6 Å². The van der Waals surface area contributed by atoms with Gasteiger partial charge in [0.1, 0.15) is 6.61 Å². The summed E-state index contributed by atoms with van der Waals surface area (Å²) in [6, 6.07) is 0. The molecule has 0 aromatic rings. The number of nitrogens with two attached hydrogens (primary N) is 1. The third-order valence-corrected chi connectivity index (χ3v) is 11.0. The van der Waals surface area contributed by atoms with E-state index in [2.05, 4.69) is 62.5 Å². The molecule has 0 aliphatic carbocycles. The van der Waals surface area contributed by atoms with Crippen molar-refractivity contribution < 1.29 is 37.6 Å². The molecule has 0 bridgehead atoms. The Morgan fingerprint density at radius 3 is 1.36 bits per heavy atom. The first-order chi connectivity index (χ1) is 28.3. The summed E-state index contributed by atoms with van der Waals surface area (Å²) in [5.41, 5.74) is 5.35. The normalized spacial score (nSPS) is 13.7. The van der Waals surface area contributed by atoms with E-state index in [0.29, 0.717) is 6.42 Å². The van der Waals surface area contributed by atoms with Crippen molar-refractivity contribution >= 4 is 19.8 Å². The zero-order chi connectivity index (χ0) is 42.5. The number of hydrogen-bond acceptors (Lipinski definition) is 8. The number of ether oxygens (including phenoxy) is 2. The molecule has 3 N–H and O–H groups in total. The third kappa shape index (κ3) is 43.5. The summed E-state index contributed by atoms with van der Waals surface area (Å²) in [4.78, 5) is 34.9. The average molecular weight is 838 g/mol. The Labute approximate surface area is 356 Å². The van der Waals surface area contributed by atoms with Gasteiger partial charge >= 0.3 is 19.8 Å². The molecule has 0 radical (unpaired) electrons. The fraction of sp³-hybridized carbons (Fsp3) is 0.792. The van der Waals surface area contributed by atoms with Gasteiger partial charge in [0, 0.05) is 19.4 Å². The van der Waals surface area contributed by atoms with E-state index in [-0.39, 0.29) is 38.6 Å². The van der Waals surface area contributed by atoms with E-state index in [4.69, 9.17) is 24.3 Å². The standard InChI is InChI=1S/C48H88NO8P/c1-3-5-7-9-11-13-15-17-19-21-23-25-27-29-31-33-35-37-39-41-48(51)57-46(45-56-58(52,53)55-43-42-49)44-54-47(50)40-38-36-34-32-30-28-26-24-22-20-18-16-14-12-10-8-6-4-2/h11,13,17,19,23,25,29,31,46H,3-10,12,14-16,18,20-22,24,26-28,30,32-45,49H2,1-2H3,(H,52,53)/b13-11+,19-17+,25-23+,31-29+/t46-/m1/s1. The maximum atomic E-state index is 12.6. The van der Waals surface area contributed by atoms with Gasteiger partial charge in [0.25, 0.3) is 0 Å². The predicted octanol–water partition coefficient (Wildman–Crippen LogP) is 13.9. The topological polar surface area (TPSA) is 134 Å². The summed E-state index contributed by atoms with van der Waals surface area (Å²) in [5, 5.41) is 0. The van der Waals surface area contributed by atoms with Gasteiger partial charge in [-0.2, -0.15) is 0 Å². The lowest BCUT2D eigenvalue weighted by atomic mass is 10.0. The Hall–Kier alpha value is -2.03. The van der Waals surface area contributed by atoms with Crippen LogP contribution in [0.4, 0.5) is 0 Å². The van der Waals surface area contributed by atoms with Crippen molar-refractivity contribution in [2.24, 2.45) is 5.73 Å². The molecule has 338 valence electrons. The van der Waals surface area contributed by atoms with Gasteiger partial charge in [-0.3, -0.25) is 18.6 Å². The van der Waals surface area contributed by atoms with E-state index in [1.54, 1.807) is 0 Å². The summed E-state index contributed by atoms with van der Waals surface area (Å²) < 4.78 is 32.8. The van der Waals surface area contributed by atoms with E-state index < -0.39 is 26.5 Å². The summed E-state index contributed by atoms with van der Waals surface area (Å²) in [5.74, 6) is -0.859. The average Bonchev–Trinajstić information content (AvgIpc) is 3.21. The second-order valence-corrected chi connectivity index (χ2v) is 17.1. The molecule has 2 atom stereocenters. The van der Waals surface area contributed by atoms with E-state index in [0.717, 1.165) is 57.8 Å². The summed E-state index contributed by atoms with van der Waals surface area (Å²) in [6.07, 6.45) is 51.4. The molecular weight excluding hydrogens is 750 g/mol. The van der Waals surface area contributed by atoms with Crippen LogP contribution in [-0.4, -0.2) is 49.3 Å². The highest BCUT2D eigenvalue weighted by Crippen LogP contribution is 2.43. The van der Waals surface area contributed by atoms with Gasteiger partial charge in [-0.05, 0) is 57.8 Å². The largest absolute Gasteiger partial charge is 0.472 e. The Bertz CT molecular complexity index is 1090. The highest BCUT2D eigenvalue weighted by Gasteiger charge is 2.26. The van der Waals surface area contributed by atoms with E-state index in [1.165, 1.54) is 122 Å². The lowest BCUT2D eigenvalue weighted by molar-refractivity contribution is -0.161. The maximum absolute atomic E-state index is 12.6. The van der Waals surface area contributed by atoms with Gasteiger partial charge in [0.05, 0.1) is 13.2 Å². The van der Waals surface area contributed by atoms with Crippen LogP contribution in [0.5, 0.6) is 0 Å². The van der Waals surface area contributed by atoms with Crippen LogP contribution < -0.4 is 5.73 Å². The first kappa shape index (κ1) is 56.0. The van der Waals surface area contributed by atoms with E-state index >= 15 is 0 Å². The summed E-state index contributed by atoms with van der Waals surface area (Å²) in [7, 11) is -4.39. The van der Waals surface area contributed by atoms with Gasteiger partial charge in [-0.1, -0.05) is 191 Å². The first-order valence-corrected chi connectivity index (χ1v) is 25.1. The van der Waals surface area contributed by atoms with Crippen LogP contribution >= 0.6 is 7.82 Å². The fourth-order valence-electron chi connectivity index (χ4n) is 6.44. The Balaban J connectivity index is 4.16. The number of carbonyl (C=O) groups excluding carboxylic acids is 2. The quantitative estimate of drug-likeness (QED) is 0.0266. The number of unbranched alkanes of at least 4 members (excludes halogenated alkanes) is 23. The SMILES string of the molecule is CCCCC/C=C/C/C=C/C/C=C/C/C=C/CCCCCC(=O)O[C@H](COC(=O)CCCCCCCCCCCCCCCCCCCC)COP(=O)(O)OCCN. The van der Waals surface area contributed by atoms with Gasteiger partial charge in [0.15, 0.2) is 6.10 Å². The van der Waals surface area contributed by atoms with E-state index in [1.807, 2.05) is 0 Å². The second kappa shape index (κ2) is 44.5. The number of phosphoric ester groups is 1. The summed E-state index contributed by atoms with van der Waals surface area (Å²) in [6.45, 7) is 3.69. The molecule has 0 aliphatic heterocycles. The van der Waals surface area contributed by atoms with Crippen LogP contribution in [0.1, 0.15) is 213 Å². The molecule has 10 heteroatoms. The highest BCUT2D eigenvalue weighted by molar-refractivity contribution is 7.47.